The predicted octanol–water partition coefficient (Wildman–Crippen LogP) is 4.71. The molecule has 428 valence electrons. The van der Waals surface area contributed by atoms with Crippen LogP contribution in [0.2, 0.25) is 0 Å². The first-order chi connectivity index (χ1) is 38.7. The van der Waals surface area contributed by atoms with E-state index in [9.17, 15) is 57.1 Å². The summed E-state index contributed by atoms with van der Waals surface area (Å²) < 4.78 is 29.5. The summed E-state index contributed by atoms with van der Waals surface area (Å²) in [6, 6.07) is 13.3. The molecule has 25 nitrogen and oxygen atoms in total. The highest BCUT2D eigenvalue weighted by molar-refractivity contribution is 9.09. The van der Waals surface area contributed by atoms with Crippen molar-refractivity contribution in [1.29, 1.82) is 0 Å². The minimum absolute atomic E-state index is 0.0263. The second-order valence-electron chi connectivity index (χ2n) is 18.0. The van der Waals surface area contributed by atoms with Crippen LogP contribution in [0.15, 0.2) is 59.7 Å². The zero-order chi connectivity index (χ0) is 59.3. The van der Waals surface area contributed by atoms with Gasteiger partial charge in [0, 0.05) is 154 Å². The summed E-state index contributed by atoms with van der Waals surface area (Å²) in [5, 5.41) is 16.2. The Bertz CT molecular complexity index is 3000. The van der Waals surface area contributed by atoms with E-state index in [0.717, 1.165) is 18.8 Å². The molecular formula is C50H56BrCl2FN12O13S. The Morgan fingerprint density at radius 1 is 0.713 bits per heavy atom. The van der Waals surface area contributed by atoms with E-state index in [0.29, 0.717) is 76.0 Å². The fraction of sp³-hybridized carbons (Fsp3) is 0.420. The van der Waals surface area contributed by atoms with Crippen molar-refractivity contribution in [3.63, 3.8) is 0 Å². The van der Waals surface area contributed by atoms with E-state index in [1.165, 1.54) is 27.5 Å². The maximum Gasteiger partial charge on any atom is 0.255 e. The molecule has 0 radical (unpaired) electrons. The van der Waals surface area contributed by atoms with Gasteiger partial charge in [-0.3, -0.25) is 73.1 Å². The summed E-state index contributed by atoms with van der Waals surface area (Å²) in [5.74, 6) is -3.52. The Morgan fingerprint density at radius 3 is 1.41 bits per heavy atom. The SMILES string of the molecule is C1CCOC1.Nc1cccc2c1CN(C1CCC(=O)NC1=O)C2=O.O=C1CCC(N2Cc3c(NC(=O)CCBr)cccc3C2=O)C(=O)N1.O=S(Cl)Cl.[2H]CF.[N-]=[N+]=NCCC(=O)Nc1cccc2c1CN(C1CCC(=O)NC1=O)C2=O. The highest BCUT2D eigenvalue weighted by Gasteiger charge is 2.42. The van der Waals surface area contributed by atoms with Crippen LogP contribution in [-0.4, -0.2) is 134 Å². The van der Waals surface area contributed by atoms with E-state index in [1.807, 2.05) is 0 Å². The van der Waals surface area contributed by atoms with Crippen LogP contribution in [-0.2, 0) is 72.0 Å². The molecule has 0 spiro atoms. The summed E-state index contributed by atoms with van der Waals surface area (Å²) >= 11 is 3.21. The molecule has 0 aromatic heterocycles. The molecule has 80 heavy (non-hydrogen) atoms. The molecule has 7 aliphatic heterocycles. The lowest BCUT2D eigenvalue weighted by Gasteiger charge is -2.29. The molecule has 0 aliphatic carbocycles. The third-order valence-corrected chi connectivity index (χ3v) is 13.4. The number of ether oxygens (including phenoxy) is 1. The first kappa shape index (κ1) is 61.8. The minimum atomic E-state index is -1.67. The quantitative estimate of drug-likeness (QED) is 0.0305. The number of hydrogen-bond donors (Lipinski definition) is 6. The second kappa shape index (κ2) is 30.9. The first-order valence-corrected chi connectivity index (χ1v) is 28.6. The average molecular weight is 1240 g/mol. The van der Waals surface area contributed by atoms with Crippen molar-refractivity contribution >= 4 is 129 Å². The van der Waals surface area contributed by atoms with Crippen LogP contribution >= 0.6 is 37.3 Å². The zero-order valence-corrected chi connectivity index (χ0v) is 46.6. The minimum Gasteiger partial charge on any atom is -0.398 e. The predicted molar refractivity (Wildman–Crippen MR) is 293 cm³/mol. The van der Waals surface area contributed by atoms with Gasteiger partial charge >= 0.3 is 0 Å². The van der Waals surface area contributed by atoms with Crippen molar-refractivity contribution in [2.75, 3.05) is 48.6 Å². The fourth-order valence-electron chi connectivity index (χ4n) is 9.23. The van der Waals surface area contributed by atoms with E-state index in [-0.39, 0.29) is 99.0 Å². The molecule has 7 heterocycles. The second-order valence-corrected chi connectivity index (χ2v) is 21.3. The maximum atomic E-state index is 12.7. The monoisotopic (exact) mass is 1230 g/mol. The number of imide groups is 3. The van der Waals surface area contributed by atoms with Gasteiger partial charge in [0.25, 0.3) is 17.7 Å². The lowest BCUT2D eigenvalue weighted by Crippen LogP contribution is -2.52. The van der Waals surface area contributed by atoms with Crippen LogP contribution in [0.25, 0.3) is 10.4 Å². The van der Waals surface area contributed by atoms with Gasteiger partial charge in [0.05, 0.1) is 8.52 Å². The molecule has 30 heteroatoms. The number of hydrogen-bond acceptors (Lipinski definition) is 15. The van der Waals surface area contributed by atoms with Gasteiger partial charge in [-0.15, -0.1) is 0 Å². The van der Waals surface area contributed by atoms with Gasteiger partial charge in [-0.2, -0.15) is 0 Å². The summed E-state index contributed by atoms with van der Waals surface area (Å²) in [6.07, 6.45) is 4.52. The van der Waals surface area contributed by atoms with Crippen LogP contribution in [0.3, 0.4) is 0 Å². The van der Waals surface area contributed by atoms with Crippen LogP contribution < -0.4 is 32.3 Å². The highest BCUT2D eigenvalue weighted by atomic mass is 79.9. The summed E-state index contributed by atoms with van der Waals surface area (Å²) in [6.45, 7) is 2.78. The number of anilines is 3. The summed E-state index contributed by atoms with van der Waals surface area (Å²) in [4.78, 5) is 138. The number of alkyl halides is 2. The Labute approximate surface area is 478 Å². The van der Waals surface area contributed by atoms with Crippen molar-refractivity contribution in [2.45, 2.75) is 102 Å². The zero-order valence-electron chi connectivity index (χ0n) is 43.6. The number of carbonyl (C=O) groups excluding carboxylic acids is 11. The molecule has 3 unspecified atom stereocenters. The number of nitrogens with one attached hydrogen (secondary N) is 5. The smallest absolute Gasteiger partial charge is 0.255 e. The van der Waals surface area contributed by atoms with E-state index in [2.05, 4.69) is 73.9 Å². The number of amides is 11. The van der Waals surface area contributed by atoms with Crippen LogP contribution in [0.4, 0.5) is 21.5 Å². The molecule has 7 N–H and O–H groups in total. The maximum absolute atomic E-state index is 12.7. The molecule has 3 aromatic carbocycles. The number of fused-ring (bicyclic) bond motifs is 3. The molecule has 4 saturated heterocycles. The van der Waals surface area contributed by atoms with E-state index < -0.39 is 52.2 Å². The number of nitrogen functional groups attached to an aromatic ring is 1. The Morgan fingerprint density at radius 2 is 1.07 bits per heavy atom. The number of carbonyl (C=O) groups is 11. The van der Waals surface area contributed by atoms with Crippen LogP contribution in [0.1, 0.15) is 113 Å². The third kappa shape index (κ3) is 16.8. The lowest BCUT2D eigenvalue weighted by molar-refractivity contribution is -0.138. The highest BCUT2D eigenvalue weighted by Crippen LogP contribution is 2.35. The molecular weight excluding hydrogens is 1180 g/mol. The first-order valence-electron chi connectivity index (χ1n) is 25.3. The van der Waals surface area contributed by atoms with Gasteiger partial charge in [0.15, 0.2) is 0 Å². The van der Waals surface area contributed by atoms with E-state index >= 15 is 0 Å². The molecule has 7 aliphatic rings. The van der Waals surface area contributed by atoms with Crippen LogP contribution in [0.5, 0.6) is 0 Å². The van der Waals surface area contributed by atoms with Crippen molar-refractivity contribution in [2.24, 2.45) is 5.11 Å². The summed E-state index contributed by atoms with van der Waals surface area (Å²) in [7, 11) is 6.36. The molecule has 0 saturated carbocycles. The number of nitrogens with zero attached hydrogens (tertiary/aromatic N) is 6. The van der Waals surface area contributed by atoms with Crippen molar-refractivity contribution in [3.05, 3.63) is 98.4 Å². The van der Waals surface area contributed by atoms with Gasteiger partial charge in [-0.1, -0.05) is 39.2 Å². The van der Waals surface area contributed by atoms with Crippen LogP contribution in [0, 0.1) is 0 Å². The Kier molecular flexibility index (Phi) is 23.9. The Balaban J connectivity index is 0.000000203. The molecule has 3 aromatic rings. The fourth-order valence-corrected chi connectivity index (χ4v) is 9.59. The molecule has 4 fully saturated rings. The number of halogens is 4. The molecule has 0 bridgehead atoms. The van der Waals surface area contributed by atoms with Gasteiger partial charge in [-0.05, 0) is 74.0 Å². The summed E-state index contributed by atoms with van der Waals surface area (Å²) in [5.41, 5.74) is 19.3. The van der Waals surface area contributed by atoms with Crippen molar-refractivity contribution < 1.29 is 67.4 Å². The number of azide groups is 1. The normalized spacial score (nSPS) is 19.6. The number of piperidine rings is 3. The van der Waals surface area contributed by atoms with Gasteiger partial charge in [0.1, 0.15) is 18.1 Å². The van der Waals surface area contributed by atoms with Crippen molar-refractivity contribution in [3.8, 4) is 0 Å². The lowest BCUT2D eigenvalue weighted by atomic mass is 10.0. The number of rotatable bonds is 10. The van der Waals surface area contributed by atoms with Gasteiger partial charge < -0.3 is 35.8 Å². The third-order valence-electron chi connectivity index (χ3n) is 13.0. The van der Waals surface area contributed by atoms with Gasteiger partial charge in [-0.25, -0.2) is 4.21 Å². The standard InChI is InChI=1S/C16H16BrN3O4.C16H16N6O4.C13H13N3O3.C4H8O.CH3F.Cl2OS/c17-7-6-14(22)18-11-3-1-2-9-10(11)8-20(16(9)24)12-4-5-13(21)19-15(12)23;17-21-18-7-6-14(24)19-11-3-1-2-9-10(11)8-22(16(9)26)12-4-5-13(23)20-15(12)25;14-9-3-1-2-7-8(9)6-16(13(7)19)10-4-5-11(17)15-12(10)18;1-2-4-5-3-1;1-2;1-4(2)3/h1-3,12H,4-8H2,(H,18,22)(H,19,21,23);1-3,12H,4-8H2,(H,19,24)(H,20,23,25);1-3,10H,4-6,14H2,(H,15,17,18);1-4H2;1H3;/i;;;;1D;. The van der Waals surface area contributed by atoms with E-state index in [1.54, 1.807) is 54.6 Å². The van der Waals surface area contributed by atoms with E-state index in [4.69, 9.17) is 21.6 Å². The van der Waals surface area contributed by atoms with Crippen molar-refractivity contribution in [1.82, 2.24) is 30.7 Å². The Hall–Kier alpha value is -7.36. The topological polar surface area (TPSA) is 359 Å². The number of nitrogens with two attached hydrogens (primary N) is 1. The number of benzene rings is 3. The largest absolute Gasteiger partial charge is 0.398 e. The van der Waals surface area contributed by atoms with Gasteiger partial charge in [0.2, 0.25) is 56.5 Å². The molecule has 10 rings (SSSR count). The molecule has 3 atom stereocenters. The average Bonchev–Trinajstić information content (AvgIpc) is 4.46. The molecule has 11 amide bonds.